The molecule has 0 spiro atoms. The second-order valence-corrected chi connectivity index (χ2v) is 4.80. The number of carbonyl (C=O) groups excluding carboxylic acids is 1. The van der Waals surface area contributed by atoms with Gasteiger partial charge < -0.3 is 15.4 Å². The molecule has 1 aromatic carbocycles. The van der Waals surface area contributed by atoms with E-state index in [1.807, 2.05) is 36.1 Å². The topological polar surface area (TPSA) is 55.6 Å². The van der Waals surface area contributed by atoms with Crippen LogP contribution in [0.3, 0.4) is 0 Å². The van der Waals surface area contributed by atoms with E-state index in [0.717, 1.165) is 24.4 Å². The van der Waals surface area contributed by atoms with E-state index in [0.29, 0.717) is 18.9 Å². The molecule has 0 heterocycles. The van der Waals surface area contributed by atoms with Gasteiger partial charge in [-0.15, -0.1) is 0 Å². The average Bonchev–Trinajstić information content (AvgIpc) is 2.45. The lowest BCUT2D eigenvalue weighted by molar-refractivity contribution is -0.130. The summed E-state index contributed by atoms with van der Waals surface area (Å²) in [5.74, 6) is 1.29. The third-order valence-corrected chi connectivity index (χ3v) is 3.18. The van der Waals surface area contributed by atoms with Gasteiger partial charge in [0, 0.05) is 13.1 Å². The Hall–Kier alpha value is -1.55. The van der Waals surface area contributed by atoms with Crippen LogP contribution in [0.15, 0.2) is 24.3 Å². The van der Waals surface area contributed by atoms with E-state index in [4.69, 9.17) is 10.5 Å². The van der Waals surface area contributed by atoms with E-state index >= 15 is 0 Å². The summed E-state index contributed by atoms with van der Waals surface area (Å²) < 4.78 is 5.10. The summed E-state index contributed by atoms with van der Waals surface area (Å²) in [5, 5.41) is 0. The van der Waals surface area contributed by atoms with Gasteiger partial charge in [-0.3, -0.25) is 4.79 Å². The third-order valence-electron chi connectivity index (χ3n) is 3.18. The van der Waals surface area contributed by atoms with Gasteiger partial charge in [-0.25, -0.2) is 0 Å². The van der Waals surface area contributed by atoms with E-state index in [1.165, 1.54) is 0 Å². The Morgan fingerprint density at radius 3 is 2.47 bits per heavy atom. The molecule has 4 nitrogen and oxygen atoms in total. The molecule has 1 atom stereocenters. The molecule has 2 N–H and O–H groups in total. The number of nitrogens with two attached hydrogens (primary N) is 1. The maximum atomic E-state index is 12.2. The number of ether oxygens (including phenoxy) is 1. The van der Waals surface area contributed by atoms with Crippen molar-refractivity contribution < 1.29 is 9.53 Å². The molecule has 1 rings (SSSR count). The first kappa shape index (κ1) is 15.5. The van der Waals surface area contributed by atoms with Gasteiger partial charge in [0.1, 0.15) is 5.75 Å². The number of amides is 1. The molecule has 0 saturated heterocycles. The van der Waals surface area contributed by atoms with Crippen molar-refractivity contribution in [2.24, 2.45) is 11.7 Å². The summed E-state index contributed by atoms with van der Waals surface area (Å²) in [6.45, 7) is 6.10. The molecule has 0 radical (unpaired) electrons. The van der Waals surface area contributed by atoms with Crippen molar-refractivity contribution >= 4 is 5.91 Å². The van der Waals surface area contributed by atoms with Gasteiger partial charge in [-0.2, -0.15) is 0 Å². The number of hydrogen-bond acceptors (Lipinski definition) is 3. The lowest BCUT2D eigenvalue weighted by Gasteiger charge is -2.24. The molecule has 19 heavy (non-hydrogen) atoms. The Balaban J connectivity index is 2.60. The fourth-order valence-corrected chi connectivity index (χ4v) is 1.89. The van der Waals surface area contributed by atoms with Crippen LogP contribution in [-0.2, 0) is 11.2 Å². The number of carbonyl (C=O) groups is 1. The van der Waals surface area contributed by atoms with Gasteiger partial charge in [-0.1, -0.05) is 19.1 Å². The molecule has 0 aliphatic carbocycles. The second kappa shape index (κ2) is 7.79. The fraction of sp³-hybridized carbons (Fsp3) is 0.533. The molecule has 0 saturated carbocycles. The maximum absolute atomic E-state index is 12.2. The van der Waals surface area contributed by atoms with Gasteiger partial charge in [-0.05, 0) is 37.1 Å². The predicted octanol–water partition coefficient (Wildman–Crippen LogP) is 1.68. The quantitative estimate of drug-likeness (QED) is 0.815. The smallest absolute Gasteiger partial charge is 0.226 e. The van der Waals surface area contributed by atoms with Crippen molar-refractivity contribution in [2.45, 2.75) is 20.3 Å². The molecule has 0 aromatic heterocycles. The summed E-state index contributed by atoms with van der Waals surface area (Å²) in [4.78, 5) is 14.1. The monoisotopic (exact) mass is 264 g/mol. The molecule has 0 fully saturated rings. The summed E-state index contributed by atoms with van der Waals surface area (Å²) in [6, 6.07) is 7.61. The highest BCUT2D eigenvalue weighted by Gasteiger charge is 2.14. The minimum Gasteiger partial charge on any atom is -0.497 e. The van der Waals surface area contributed by atoms with Crippen molar-refractivity contribution in [2.75, 3.05) is 26.7 Å². The van der Waals surface area contributed by atoms with Gasteiger partial charge >= 0.3 is 0 Å². The number of nitrogens with zero attached hydrogens (tertiary/aromatic N) is 1. The number of benzene rings is 1. The van der Waals surface area contributed by atoms with Crippen LogP contribution >= 0.6 is 0 Å². The zero-order chi connectivity index (χ0) is 14.3. The molecule has 106 valence electrons. The van der Waals surface area contributed by atoms with Crippen molar-refractivity contribution in [3.8, 4) is 5.75 Å². The van der Waals surface area contributed by atoms with E-state index < -0.39 is 0 Å². The number of likely N-dealkylation sites (N-methyl/N-ethyl adjacent to an activating group) is 1. The first-order valence-corrected chi connectivity index (χ1v) is 6.71. The van der Waals surface area contributed by atoms with Gasteiger partial charge in [0.05, 0.1) is 13.5 Å². The van der Waals surface area contributed by atoms with E-state index in [2.05, 4.69) is 6.92 Å². The minimum atomic E-state index is 0.146. The summed E-state index contributed by atoms with van der Waals surface area (Å²) >= 11 is 0. The lowest BCUT2D eigenvalue weighted by Crippen LogP contribution is -2.37. The molecule has 1 unspecified atom stereocenters. The highest BCUT2D eigenvalue weighted by molar-refractivity contribution is 5.78. The Morgan fingerprint density at radius 1 is 1.37 bits per heavy atom. The molecule has 4 heteroatoms. The minimum absolute atomic E-state index is 0.146. The molecule has 0 bridgehead atoms. The summed E-state index contributed by atoms with van der Waals surface area (Å²) in [5.41, 5.74) is 6.61. The largest absolute Gasteiger partial charge is 0.497 e. The van der Waals surface area contributed by atoms with Crippen molar-refractivity contribution in [3.05, 3.63) is 29.8 Å². The highest BCUT2D eigenvalue weighted by Crippen LogP contribution is 2.12. The summed E-state index contributed by atoms with van der Waals surface area (Å²) in [7, 11) is 1.63. The second-order valence-electron chi connectivity index (χ2n) is 4.80. The Labute approximate surface area is 115 Å². The van der Waals surface area contributed by atoms with Crippen LogP contribution in [0.1, 0.15) is 19.4 Å². The Bertz CT molecular complexity index is 390. The third kappa shape index (κ3) is 4.91. The fourth-order valence-electron chi connectivity index (χ4n) is 1.89. The van der Waals surface area contributed by atoms with Crippen molar-refractivity contribution in [1.29, 1.82) is 0 Å². The molecular formula is C15H24N2O2. The van der Waals surface area contributed by atoms with Crippen LogP contribution in [0, 0.1) is 5.92 Å². The first-order valence-electron chi connectivity index (χ1n) is 6.71. The van der Waals surface area contributed by atoms with Crippen LogP contribution in [-0.4, -0.2) is 37.6 Å². The van der Waals surface area contributed by atoms with Crippen molar-refractivity contribution in [3.63, 3.8) is 0 Å². The van der Waals surface area contributed by atoms with E-state index in [1.54, 1.807) is 7.11 Å². The van der Waals surface area contributed by atoms with Gasteiger partial charge in [0.15, 0.2) is 0 Å². The Kier molecular flexibility index (Phi) is 6.36. The molecule has 1 aromatic rings. The first-order chi connectivity index (χ1) is 9.10. The van der Waals surface area contributed by atoms with Crippen LogP contribution < -0.4 is 10.5 Å². The lowest BCUT2D eigenvalue weighted by atomic mass is 10.1. The number of hydrogen-bond donors (Lipinski definition) is 1. The van der Waals surface area contributed by atoms with E-state index in [-0.39, 0.29) is 5.91 Å². The normalized spacial score (nSPS) is 12.0. The predicted molar refractivity (Wildman–Crippen MR) is 77.2 cm³/mol. The molecule has 1 amide bonds. The average molecular weight is 264 g/mol. The highest BCUT2D eigenvalue weighted by atomic mass is 16.5. The SMILES string of the molecule is CCN(CC(C)CN)C(=O)Cc1ccc(OC)cc1. The van der Waals surface area contributed by atoms with Crippen LogP contribution in [0.5, 0.6) is 5.75 Å². The zero-order valence-electron chi connectivity index (χ0n) is 12.1. The van der Waals surface area contributed by atoms with Crippen LogP contribution in [0.25, 0.3) is 0 Å². The van der Waals surface area contributed by atoms with Crippen LogP contribution in [0.2, 0.25) is 0 Å². The number of rotatable bonds is 7. The summed E-state index contributed by atoms with van der Waals surface area (Å²) in [6.07, 6.45) is 0.426. The van der Waals surface area contributed by atoms with Crippen LogP contribution in [0.4, 0.5) is 0 Å². The maximum Gasteiger partial charge on any atom is 0.226 e. The van der Waals surface area contributed by atoms with E-state index in [9.17, 15) is 4.79 Å². The number of methoxy groups -OCH3 is 1. The van der Waals surface area contributed by atoms with Gasteiger partial charge in [0.25, 0.3) is 0 Å². The molecule has 0 aliphatic heterocycles. The Morgan fingerprint density at radius 2 is 2.00 bits per heavy atom. The van der Waals surface area contributed by atoms with Crippen molar-refractivity contribution in [1.82, 2.24) is 4.90 Å². The zero-order valence-corrected chi connectivity index (χ0v) is 12.1. The standard InChI is InChI=1S/C15H24N2O2/c1-4-17(11-12(2)10-16)15(18)9-13-5-7-14(19-3)8-6-13/h5-8,12H,4,9-11,16H2,1-3H3. The molecular weight excluding hydrogens is 240 g/mol. The molecule has 0 aliphatic rings. The van der Waals surface area contributed by atoms with Gasteiger partial charge in [0.2, 0.25) is 5.91 Å².